The Labute approximate surface area is 118 Å². The maximum atomic E-state index is 13.5. The summed E-state index contributed by atoms with van der Waals surface area (Å²) in [5, 5.41) is 6.41. The van der Waals surface area contributed by atoms with Crippen LogP contribution in [0.2, 0.25) is 0 Å². The minimum atomic E-state index is -0.523. The van der Waals surface area contributed by atoms with Crippen molar-refractivity contribution in [2.75, 3.05) is 13.1 Å². The number of benzene rings is 1. The van der Waals surface area contributed by atoms with E-state index in [1.165, 1.54) is 12.1 Å². The molecule has 1 amide bonds. The first-order chi connectivity index (χ1) is 9.71. The van der Waals surface area contributed by atoms with Crippen LogP contribution in [-0.2, 0) is 10.2 Å². The van der Waals surface area contributed by atoms with Crippen LogP contribution in [0.15, 0.2) is 24.3 Å². The Bertz CT molecular complexity index is 491. The third-order valence-electron chi connectivity index (χ3n) is 4.66. The van der Waals surface area contributed by atoms with Crippen LogP contribution >= 0.6 is 0 Å². The fourth-order valence-electron chi connectivity index (χ4n) is 3.51. The molecular weight excluding hydrogens is 255 g/mol. The van der Waals surface area contributed by atoms with Gasteiger partial charge in [-0.2, -0.15) is 0 Å². The van der Waals surface area contributed by atoms with Gasteiger partial charge in [-0.15, -0.1) is 0 Å². The molecule has 1 aromatic rings. The number of halogens is 1. The van der Waals surface area contributed by atoms with E-state index in [9.17, 15) is 9.18 Å². The highest BCUT2D eigenvalue weighted by Crippen LogP contribution is 2.41. The number of carbonyl (C=O) groups is 1. The predicted octanol–water partition coefficient (Wildman–Crippen LogP) is 2.12. The third kappa shape index (κ3) is 2.44. The number of carbonyl (C=O) groups excluding carboxylic acids is 1. The van der Waals surface area contributed by atoms with E-state index in [0.29, 0.717) is 0 Å². The van der Waals surface area contributed by atoms with Gasteiger partial charge in [-0.3, -0.25) is 4.79 Å². The molecule has 1 aliphatic carbocycles. The van der Waals surface area contributed by atoms with Crippen LogP contribution in [0.1, 0.15) is 37.7 Å². The van der Waals surface area contributed by atoms with Gasteiger partial charge in [0.25, 0.3) is 0 Å². The van der Waals surface area contributed by atoms with Gasteiger partial charge in [0.1, 0.15) is 5.82 Å². The Kier molecular flexibility index (Phi) is 3.74. The van der Waals surface area contributed by atoms with Crippen molar-refractivity contribution in [1.82, 2.24) is 10.6 Å². The second-order valence-electron chi connectivity index (χ2n) is 5.96. The van der Waals surface area contributed by atoms with Crippen molar-refractivity contribution in [3.8, 4) is 0 Å². The van der Waals surface area contributed by atoms with E-state index >= 15 is 0 Å². The molecule has 2 fully saturated rings. The van der Waals surface area contributed by atoms with E-state index in [1.54, 1.807) is 6.07 Å². The van der Waals surface area contributed by atoms with Crippen LogP contribution in [0.3, 0.4) is 0 Å². The Hall–Kier alpha value is -1.42. The van der Waals surface area contributed by atoms with Gasteiger partial charge in [-0.25, -0.2) is 4.39 Å². The van der Waals surface area contributed by atoms with E-state index in [-0.39, 0.29) is 17.8 Å². The molecule has 2 aliphatic rings. The van der Waals surface area contributed by atoms with E-state index in [2.05, 4.69) is 10.6 Å². The summed E-state index contributed by atoms with van der Waals surface area (Å²) in [5.74, 6) is -0.182. The largest absolute Gasteiger partial charge is 0.351 e. The lowest BCUT2D eigenvalue weighted by molar-refractivity contribution is -0.127. The van der Waals surface area contributed by atoms with Gasteiger partial charge in [-0.1, -0.05) is 25.0 Å². The van der Waals surface area contributed by atoms with Crippen molar-refractivity contribution in [2.45, 2.75) is 43.6 Å². The maximum absolute atomic E-state index is 13.5. The normalized spacial score (nSPS) is 24.8. The molecule has 1 aliphatic heterocycles. The molecular formula is C16H21FN2O. The minimum Gasteiger partial charge on any atom is -0.351 e. The highest BCUT2D eigenvalue weighted by Gasteiger charge is 2.43. The number of rotatable bonds is 3. The summed E-state index contributed by atoms with van der Waals surface area (Å²) in [7, 11) is 0. The van der Waals surface area contributed by atoms with Crippen molar-refractivity contribution < 1.29 is 9.18 Å². The first kappa shape index (κ1) is 13.6. The van der Waals surface area contributed by atoms with Gasteiger partial charge in [0.2, 0.25) is 5.91 Å². The summed E-state index contributed by atoms with van der Waals surface area (Å²) in [6, 6.07) is 6.77. The smallest absolute Gasteiger partial charge is 0.230 e. The quantitative estimate of drug-likeness (QED) is 0.888. The number of hydrogen-bond acceptors (Lipinski definition) is 2. The van der Waals surface area contributed by atoms with Crippen molar-refractivity contribution in [2.24, 2.45) is 0 Å². The monoisotopic (exact) mass is 276 g/mol. The maximum Gasteiger partial charge on any atom is 0.230 e. The average molecular weight is 276 g/mol. The van der Waals surface area contributed by atoms with Gasteiger partial charge < -0.3 is 10.6 Å². The van der Waals surface area contributed by atoms with Crippen LogP contribution in [-0.4, -0.2) is 25.0 Å². The second-order valence-corrected chi connectivity index (χ2v) is 5.96. The van der Waals surface area contributed by atoms with Crippen LogP contribution < -0.4 is 10.6 Å². The molecule has 0 spiro atoms. The molecule has 1 aromatic carbocycles. The highest BCUT2D eigenvalue weighted by atomic mass is 19.1. The average Bonchev–Trinajstić information content (AvgIpc) is 3.10. The summed E-state index contributed by atoms with van der Waals surface area (Å²) in [6.07, 6.45) is 4.69. The van der Waals surface area contributed by atoms with Crippen LogP contribution in [0.4, 0.5) is 4.39 Å². The zero-order chi connectivity index (χ0) is 14.0. The van der Waals surface area contributed by atoms with Gasteiger partial charge >= 0.3 is 0 Å². The fourth-order valence-corrected chi connectivity index (χ4v) is 3.51. The zero-order valence-electron chi connectivity index (χ0n) is 11.6. The first-order valence-electron chi connectivity index (χ1n) is 7.48. The van der Waals surface area contributed by atoms with Crippen molar-refractivity contribution in [3.05, 3.63) is 35.6 Å². The molecule has 1 saturated heterocycles. The summed E-state index contributed by atoms with van der Waals surface area (Å²) in [5.41, 5.74) is 0.309. The Balaban J connectivity index is 1.85. The topological polar surface area (TPSA) is 41.1 Å². The van der Waals surface area contributed by atoms with Crippen molar-refractivity contribution in [3.63, 3.8) is 0 Å². The van der Waals surface area contributed by atoms with Gasteiger partial charge in [0, 0.05) is 12.6 Å². The molecule has 4 heteroatoms. The van der Waals surface area contributed by atoms with Gasteiger partial charge in [0.15, 0.2) is 0 Å². The number of hydrogen-bond donors (Lipinski definition) is 2. The van der Waals surface area contributed by atoms with E-state index in [0.717, 1.165) is 50.8 Å². The molecule has 1 unspecified atom stereocenters. The van der Waals surface area contributed by atoms with Crippen molar-refractivity contribution in [1.29, 1.82) is 0 Å². The van der Waals surface area contributed by atoms with E-state index in [1.807, 2.05) is 6.07 Å². The van der Waals surface area contributed by atoms with Crippen LogP contribution in [0.25, 0.3) is 0 Å². The molecule has 108 valence electrons. The second kappa shape index (κ2) is 5.52. The predicted molar refractivity (Wildman–Crippen MR) is 76.0 cm³/mol. The highest BCUT2D eigenvalue weighted by molar-refractivity contribution is 5.88. The molecule has 1 atom stereocenters. The molecule has 1 saturated carbocycles. The summed E-state index contributed by atoms with van der Waals surface area (Å²) in [4.78, 5) is 12.8. The zero-order valence-corrected chi connectivity index (χ0v) is 11.6. The third-order valence-corrected chi connectivity index (χ3v) is 4.66. The van der Waals surface area contributed by atoms with E-state index < -0.39 is 5.41 Å². The minimum absolute atomic E-state index is 0.0781. The lowest BCUT2D eigenvalue weighted by Gasteiger charge is -2.30. The van der Waals surface area contributed by atoms with Gasteiger partial charge in [-0.05, 0) is 43.5 Å². The lowest BCUT2D eigenvalue weighted by atomic mass is 9.77. The molecule has 3 nitrogen and oxygen atoms in total. The standard InChI is InChI=1S/C16H21FN2O/c17-13-5-3-4-12(10-13)16(7-1-2-8-16)15(20)19-14-6-9-18-11-14/h3-5,10,14,18H,1-2,6-9,11H2,(H,19,20). The SMILES string of the molecule is O=C(NC1CCNC1)C1(c2cccc(F)c2)CCCC1. The first-order valence-corrected chi connectivity index (χ1v) is 7.48. The summed E-state index contributed by atoms with van der Waals surface area (Å²) in [6.45, 7) is 1.79. The summed E-state index contributed by atoms with van der Waals surface area (Å²) >= 11 is 0. The number of amides is 1. The van der Waals surface area contributed by atoms with Gasteiger partial charge in [0.05, 0.1) is 5.41 Å². The summed E-state index contributed by atoms with van der Waals surface area (Å²) < 4.78 is 13.5. The lowest BCUT2D eigenvalue weighted by Crippen LogP contribution is -2.47. The Morgan fingerprint density at radius 1 is 1.35 bits per heavy atom. The molecule has 0 bridgehead atoms. The molecule has 20 heavy (non-hydrogen) atoms. The fraction of sp³-hybridized carbons (Fsp3) is 0.562. The molecule has 0 radical (unpaired) electrons. The van der Waals surface area contributed by atoms with Crippen LogP contribution in [0.5, 0.6) is 0 Å². The molecule has 2 N–H and O–H groups in total. The Morgan fingerprint density at radius 2 is 2.15 bits per heavy atom. The van der Waals surface area contributed by atoms with Crippen molar-refractivity contribution >= 4 is 5.91 Å². The molecule has 3 rings (SSSR count). The molecule has 1 heterocycles. The van der Waals surface area contributed by atoms with E-state index in [4.69, 9.17) is 0 Å². The number of nitrogens with one attached hydrogen (secondary N) is 2. The molecule has 0 aromatic heterocycles. The Morgan fingerprint density at radius 3 is 2.80 bits per heavy atom. The van der Waals surface area contributed by atoms with Crippen LogP contribution in [0, 0.1) is 5.82 Å².